The van der Waals surface area contributed by atoms with Gasteiger partial charge >= 0.3 is 0 Å². The lowest BCUT2D eigenvalue weighted by atomic mass is 10.00. The first-order valence-corrected chi connectivity index (χ1v) is 12.2. The van der Waals surface area contributed by atoms with Gasteiger partial charge in [-0.2, -0.15) is 0 Å². The van der Waals surface area contributed by atoms with E-state index in [4.69, 9.17) is 0 Å². The van der Waals surface area contributed by atoms with E-state index in [1.54, 1.807) is 0 Å². The number of hydrogen-bond acceptors (Lipinski definition) is 1. The van der Waals surface area contributed by atoms with Crippen LogP contribution >= 0.6 is 143 Å². The van der Waals surface area contributed by atoms with E-state index >= 15 is 0 Å². The molecule has 0 spiro atoms. The second kappa shape index (κ2) is 7.70. The van der Waals surface area contributed by atoms with Gasteiger partial charge < -0.3 is 5.11 Å². The summed E-state index contributed by atoms with van der Waals surface area (Å²) in [6, 6.07) is 0. The molecule has 0 saturated heterocycles. The molecule has 1 N–H and O–H groups in total. The summed E-state index contributed by atoms with van der Waals surface area (Å²) in [6.07, 6.45) is 0. The van der Waals surface area contributed by atoms with Crippen molar-refractivity contribution >= 4 is 143 Å². The lowest BCUT2D eigenvalue weighted by Crippen LogP contribution is -2.22. The van der Waals surface area contributed by atoms with Crippen LogP contribution in [0.5, 0.6) is 5.75 Å². The predicted molar refractivity (Wildman–Crippen MR) is 118 cm³/mol. The van der Waals surface area contributed by atoms with E-state index in [9.17, 15) is 5.11 Å². The zero-order chi connectivity index (χ0) is 16.0. The van der Waals surface area contributed by atoms with Gasteiger partial charge in [-0.05, 0) is 54.7 Å². The Morgan fingerprint density at radius 1 is 0.850 bits per heavy atom. The molecule has 114 valence electrons. The molecule has 0 fully saturated rings. The van der Waals surface area contributed by atoms with Crippen LogP contribution in [0.25, 0.3) is 0 Å². The summed E-state index contributed by atoms with van der Waals surface area (Å²) >= 11 is 31.6. The molecule has 1 unspecified atom stereocenters. The molecule has 0 amide bonds. The molecule has 0 aliphatic rings. The summed E-state index contributed by atoms with van der Waals surface area (Å²) in [5, 5.41) is 10.6. The van der Waals surface area contributed by atoms with Crippen molar-refractivity contribution in [3.63, 3.8) is 0 Å². The first kappa shape index (κ1) is 21.4. The summed E-state index contributed by atoms with van der Waals surface area (Å²) < 4.78 is 0.824. The quantitative estimate of drug-likeness (QED) is 0.233. The van der Waals surface area contributed by atoms with Crippen LogP contribution in [0.1, 0.15) is 18.1 Å². The van der Waals surface area contributed by atoms with Crippen molar-refractivity contribution in [2.75, 3.05) is 0 Å². The van der Waals surface area contributed by atoms with Crippen molar-refractivity contribution in [3.05, 3.63) is 24.5 Å². The summed E-state index contributed by atoms with van der Waals surface area (Å²) in [6.45, 7) is 1.95. The van der Waals surface area contributed by atoms with E-state index in [0.717, 1.165) is 14.5 Å². The Morgan fingerprint density at radius 3 is 1.60 bits per heavy atom. The predicted octanol–water partition coefficient (Wildman–Crippen LogP) is 8.70. The monoisotopic (exact) mass is 851 g/mol. The van der Waals surface area contributed by atoms with Gasteiger partial charge in [0.1, 0.15) is 5.75 Å². The molecule has 1 aromatic rings. The second-order valence-corrected chi connectivity index (χ2v) is 17.8. The molecule has 1 aromatic carbocycles. The van der Waals surface area contributed by atoms with Crippen LogP contribution in [0.3, 0.4) is 0 Å². The Morgan fingerprint density at radius 2 is 1.25 bits per heavy atom. The molecule has 1 atom stereocenters. The van der Waals surface area contributed by atoms with Gasteiger partial charge in [-0.25, -0.2) is 0 Å². The fourth-order valence-electron chi connectivity index (χ4n) is 1.45. The second-order valence-electron chi connectivity index (χ2n) is 3.91. The van der Waals surface area contributed by atoms with E-state index in [1.165, 1.54) is 0 Å². The summed E-state index contributed by atoms with van der Waals surface area (Å²) in [5.74, 6) is 0.140. The molecule has 0 aliphatic carbocycles. The zero-order valence-electron chi connectivity index (χ0n) is 9.43. The van der Waals surface area contributed by atoms with Gasteiger partial charge in [0, 0.05) is 20.1 Å². The SMILES string of the molecule is CC(Br)(c1c(O)c(Br)c(C(Br)(Br)Br)c(Br)c1Br)C(Br)Br. The Bertz CT molecular complexity index is 504. The van der Waals surface area contributed by atoms with Crippen LogP contribution in [0.4, 0.5) is 0 Å². The molecule has 1 rings (SSSR count). The van der Waals surface area contributed by atoms with Crippen molar-refractivity contribution in [1.29, 1.82) is 0 Å². The average molecular weight is 860 g/mol. The minimum Gasteiger partial charge on any atom is -0.506 e. The topological polar surface area (TPSA) is 20.2 Å². The molecule has 0 heterocycles. The first-order valence-electron chi connectivity index (χ1n) is 4.77. The first-order chi connectivity index (χ1) is 8.83. The maximum absolute atomic E-state index is 10.6. The van der Waals surface area contributed by atoms with Crippen LogP contribution < -0.4 is 0 Å². The summed E-state index contributed by atoms with van der Waals surface area (Å²) in [4.78, 5) is 0. The van der Waals surface area contributed by atoms with E-state index in [1.807, 2.05) is 6.92 Å². The number of benzene rings is 1. The van der Waals surface area contributed by atoms with Gasteiger partial charge in [0.15, 0.2) is 2.14 Å². The third kappa shape index (κ3) is 4.29. The Labute approximate surface area is 192 Å². The fourth-order valence-corrected chi connectivity index (χ4v) is 7.80. The highest BCUT2D eigenvalue weighted by molar-refractivity contribution is 9.38. The highest BCUT2D eigenvalue weighted by atomic mass is 80.0. The molecule has 20 heavy (non-hydrogen) atoms. The molecule has 0 bridgehead atoms. The molecular weight excluding hydrogens is 855 g/mol. The van der Waals surface area contributed by atoms with Gasteiger partial charge in [0.25, 0.3) is 0 Å². The van der Waals surface area contributed by atoms with Gasteiger partial charge in [-0.15, -0.1) is 0 Å². The van der Waals surface area contributed by atoms with Crippen LogP contribution in [0.15, 0.2) is 13.4 Å². The lowest BCUT2D eigenvalue weighted by Gasteiger charge is -2.30. The van der Waals surface area contributed by atoms with Crippen molar-refractivity contribution in [3.8, 4) is 5.75 Å². The number of halogens is 9. The molecular formula is C10H5Br9O. The standard InChI is InChI=1S/C10H5Br9O/c1-9(16,8(14)15)3-5(12)4(11)2(10(17,18)19)6(13)7(3)20/h8,20H,1H3. The number of rotatable bonds is 2. The van der Waals surface area contributed by atoms with Gasteiger partial charge in [-0.1, -0.05) is 95.6 Å². The van der Waals surface area contributed by atoms with Crippen molar-refractivity contribution in [2.45, 2.75) is 17.1 Å². The fraction of sp³-hybridized carbons (Fsp3) is 0.400. The highest BCUT2D eigenvalue weighted by Gasteiger charge is 2.39. The van der Waals surface area contributed by atoms with E-state index in [0.29, 0.717) is 10.0 Å². The molecule has 0 radical (unpaired) electrons. The summed E-state index contributed by atoms with van der Waals surface area (Å²) in [5.41, 5.74) is 1.48. The lowest BCUT2D eigenvalue weighted by molar-refractivity contribution is 0.457. The van der Waals surface area contributed by atoms with E-state index < -0.39 is 6.47 Å². The van der Waals surface area contributed by atoms with Crippen molar-refractivity contribution in [2.24, 2.45) is 0 Å². The normalized spacial score (nSPS) is 15.6. The number of phenols is 1. The Balaban J connectivity index is 3.79. The molecule has 10 heteroatoms. The Kier molecular flexibility index (Phi) is 8.24. The van der Waals surface area contributed by atoms with E-state index in [-0.39, 0.29) is 9.49 Å². The molecule has 0 aromatic heterocycles. The van der Waals surface area contributed by atoms with Gasteiger partial charge in [0.05, 0.1) is 12.5 Å². The number of phenolic OH excluding ortho intramolecular Hbond substituents is 1. The maximum Gasteiger partial charge on any atom is 0.162 e. The minimum atomic E-state index is -0.673. The maximum atomic E-state index is 10.6. The highest BCUT2D eigenvalue weighted by Crippen LogP contribution is 2.58. The van der Waals surface area contributed by atoms with Gasteiger partial charge in [-0.3, -0.25) is 0 Å². The Hall–Kier alpha value is 3.34. The van der Waals surface area contributed by atoms with Crippen LogP contribution in [-0.2, 0) is 6.47 Å². The van der Waals surface area contributed by atoms with Gasteiger partial charge in [0.2, 0.25) is 0 Å². The third-order valence-electron chi connectivity index (χ3n) is 2.48. The van der Waals surface area contributed by atoms with Crippen LogP contribution in [0.2, 0.25) is 0 Å². The number of alkyl halides is 6. The number of hydrogen-bond donors (Lipinski definition) is 1. The van der Waals surface area contributed by atoms with Crippen molar-refractivity contribution in [1.82, 2.24) is 0 Å². The average Bonchev–Trinajstić information content (AvgIpc) is 2.24. The minimum absolute atomic E-state index is 0.0870. The molecule has 0 saturated carbocycles. The largest absolute Gasteiger partial charge is 0.506 e. The molecule has 1 nitrogen and oxygen atoms in total. The van der Waals surface area contributed by atoms with Crippen LogP contribution in [0, 0.1) is 0 Å². The third-order valence-corrected chi connectivity index (χ3v) is 10.5. The summed E-state index contributed by atoms with van der Waals surface area (Å²) in [7, 11) is 0. The van der Waals surface area contributed by atoms with E-state index in [2.05, 4.69) is 143 Å². The molecule has 0 aliphatic heterocycles. The van der Waals surface area contributed by atoms with Crippen molar-refractivity contribution < 1.29 is 5.11 Å². The zero-order valence-corrected chi connectivity index (χ0v) is 23.7. The van der Waals surface area contributed by atoms with Crippen LogP contribution in [-0.4, -0.2) is 8.84 Å². The number of aromatic hydroxyl groups is 1. The smallest absolute Gasteiger partial charge is 0.162 e.